The highest BCUT2D eigenvalue weighted by molar-refractivity contribution is 5.60. The molecule has 6 nitrogen and oxygen atoms in total. The van der Waals surface area contributed by atoms with Crippen molar-refractivity contribution in [2.24, 2.45) is 0 Å². The summed E-state index contributed by atoms with van der Waals surface area (Å²) < 4.78 is 6.80. The standard InChI is InChI=1S/C17H16N4O2/c1-20(11-12-6-7-15(23-2)14(22)9-12)17-13(10-18)21-8-4-3-5-16(21)19-17/h3-9,22H,11H2,1-2H3. The quantitative estimate of drug-likeness (QED) is 0.802. The maximum atomic E-state index is 9.87. The van der Waals surface area contributed by atoms with Crippen molar-refractivity contribution in [1.82, 2.24) is 9.38 Å². The summed E-state index contributed by atoms with van der Waals surface area (Å²) in [7, 11) is 3.38. The van der Waals surface area contributed by atoms with E-state index in [1.165, 1.54) is 7.11 Å². The third-order valence-electron chi connectivity index (χ3n) is 3.64. The first-order valence-electron chi connectivity index (χ1n) is 7.08. The molecule has 1 aromatic carbocycles. The van der Waals surface area contributed by atoms with Gasteiger partial charge in [0.25, 0.3) is 0 Å². The number of nitriles is 1. The minimum atomic E-state index is 0.0916. The molecule has 3 aromatic rings. The number of methoxy groups -OCH3 is 1. The highest BCUT2D eigenvalue weighted by atomic mass is 16.5. The molecule has 3 rings (SSSR count). The van der Waals surface area contributed by atoms with Crippen molar-refractivity contribution >= 4 is 11.5 Å². The first-order valence-corrected chi connectivity index (χ1v) is 7.08. The van der Waals surface area contributed by atoms with Gasteiger partial charge < -0.3 is 14.7 Å². The largest absolute Gasteiger partial charge is 0.504 e. The number of phenolic OH excluding ortho intramolecular Hbond substituents is 1. The number of hydrogen-bond acceptors (Lipinski definition) is 5. The van der Waals surface area contributed by atoms with Crippen LogP contribution in [0.1, 0.15) is 11.3 Å². The second kappa shape index (κ2) is 5.89. The summed E-state index contributed by atoms with van der Waals surface area (Å²) in [4.78, 5) is 6.40. The van der Waals surface area contributed by atoms with Gasteiger partial charge in [-0.15, -0.1) is 0 Å². The van der Waals surface area contributed by atoms with Gasteiger partial charge in [0.2, 0.25) is 0 Å². The molecular weight excluding hydrogens is 292 g/mol. The van der Waals surface area contributed by atoms with Crippen LogP contribution in [-0.4, -0.2) is 28.6 Å². The number of fused-ring (bicyclic) bond motifs is 1. The van der Waals surface area contributed by atoms with E-state index < -0.39 is 0 Å². The number of aromatic hydroxyl groups is 1. The molecule has 0 spiro atoms. The molecule has 0 aliphatic carbocycles. The second-order valence-electron chi connectivity index (χ2n) is 5.19. The van der Waals surface area contributed by atoms with Crippen molar-refractivity contribution in [3.8, 4) is 17.6 Å². The SMILES string of the molecule is COc1ccc(CN(C)c2nc3ccccn3c2C#N)cc1O. The minimum Gasteiger partial charge on any atom is -0.504 e. The first-order chi connectivity index (χ1) is 11.1. The molecule has 0 atom stereocenters. The second-order valence-corrected chi connectivity index (χ2v) is 5.19. The molecule has 0 amide bonds. The van der Waals surface area contributed by atoms with Crippen LogP contribution >= 0.6 is 0 Å². The summed E-state index contributed by atoms with van der Waals surface area (Å²) in [5.74, 6) is 1.13. The lowest BCUT2D eigenvalue weighted by atomic mass is 10.2. The van der Waals surface area contributed by atoms with Gasteiger partial charge >= 0.3 is 0 Å². The van der Waals surface area contributed by atoms with Gasteiger partial charge in [0.05, 0.1) is 7.11 Å². The van der Waals surface area contributed by atoms with Gasteiger partial charge in [0, 0.05) is 19.8 Å². The molecule has 2 aromatic heterocycles. The van der Waals surface area contributed by atoms with E-state index in [0.717, 1.165) is 11.2 Å². The molecule has 0 fully saturated rings. The van der Waals surface area contributed by atoms with E-state index in [2.05, 4.69) is 11.1 Å². The molecule has 1 N–H and O–H groups in total. The number of phenols is 1. The maximum absolute atomic E-state index is 9.87. The average molecular weight is 308 g/mol. The topological polar surface area (TPSA) is 73.8 Å². The Morgan fingerprint density at radius 1 is 1.35 bits per heavy atom. The van der Waals surface area contributed by atoms with Crippen LogP contribution in [0.5, 0.6) is 11.5 Å². The van der Waals surface area contributed by atoms with Gasteiger partial charge in [-0.2, -0.15) is 5.26 Å². The number of rotatable bonds is 4. The van der Waals surface area contributed by atoms with E-state index in [1.54, 1.807) is 16.5 Å². The molecule has 23 heavy (non-hydrogen) atoms. The van der Waals surface area contributed by atoms with Gasteiger partial charge in [-0.3, -0.25) is 4.40 Å². The molecule has 0 aliphatic rings. The van der Waals surface area contributed by atoms with Gasteiger partial charge in [0.15, 0.2) is 23.0 Å². The summed E-state index contributed by atoms with van der Waals surface area (Å²) >= 11 is 0. The Hall–Kier alpha value is -3.20. The fourth-order valence-corrected chi connectivity index (χ4v) is 2.54. The molecule has 2 heterocycles. The molecule has 0 bridgehead atoms. The van der Waals surface area contributed by atoms with E-state index in [1.807, 2.05) is 42.4 Å². The third kappa shape index (κ3) is 2.64. The normalized spacial score (nSPS) is 10.5. The Labute approximate surface area is 133 Å². The summed E-state index contributed by atoms with van der Waals surface area (Å²) in [5.41, 5.74) is 2.11. The summed E-state index contributed by atoms with van der Waals surface area (Å²) in [6, 6.07) is 13.0. The summed E-state index contributed by atoms with van der Waals surface area (Å²) in [5, 5.41) is 19.3. The number of pyridine rings is 1. The number of benzene rings is 1. The maximum Gasteiger partial charge on any atom is 0.169 e. The van der Waals surface area contributed by atoms with Crippen molar-refractivity contribution in [2.75, 3.05) is 19.1 Å². The van der Waals surface area contributed by atoms with Crippen molar-refractivity contribution in [1.29, 1.82) is 5.26 Å². The van der Waals surface area contributed by atoms with Crippen LogP contribution < -0.4 is 9.64 Å². The van der Waals surface area contributed by atoms with Gasteiger partial charge in [-0.25, -0.2) is 4.98 Å². The first kappa shape index (κ1) is 14.7. The molecule has 0 radical (unpaired) electrons. The van der Waals surface area contributed by atoms with Crippen LogP contribution in [-0.2, 0) is 6.54 Å². The summed E-state index contributed by atoms with van der Waals surface area (Å²) in [6.07, 6.45) is 1.82. The fraction of sp³-hybridized carbons (Fsp3) is 0.176. The molecule has 0 saturated carbocycles. The number of ether oxygens (including phenoxy) is 1. The molecule has 6 heteroatoms. The molecule has 0 aliphatic heterocycles. The third-order valence-corrected chi connectivity index (χ3v) is 3.64. The lowest BCUT2D eigenvalue weighted by Crippen LogP contribution is -2.18. The van der Waals surface area contributed by atoms with Crippen LogP contribution in [0.2, 0.25) is 0 Å². The van der Waals surface area contributed by atoms with Crippen LogP contribution in [0.4, 0.5) is 5.82 Å². The van der Waals surface area contributed by atoms with E-state index >= 15 is 0 Å². The lowest BCUT2D eigenvalue weighted by Gasteiger charge is -2.17. The molecule has 116 valence electrons. The fourth-order valence-electron chi connectivity index (χ4n) is 2.54. The zero-order valence-electron chi connectivity index (χ0n) is 12.9. The van der Waals surface area contributed by atoms with Crippen LogP contribution in [0.25, 0.3) is 5.65 Å². The lowest BCUT2D eigenvalue weighted by molar-refractivity contribution is 0.373. The monoisotopic (exact) mass is 308 g/mol. The Kier molecular flexibility index (Phi) is 3.77. The predicted molar refractivity (Wildman–Crippen MR) is 86.7 cm³/mol. The van der Waals surface area contributed by atoms with E-state index in [4.69, 9.17) is 4.74 Å². The Bertz CT molecular complexity index is 895. The van der Waals surface area contributed by atoms with Gasteiger partial charge in [0.1, 0.15) is 11.7 Å². The van der Waals surface area contributed by atoms with Crippen molar-refractivity contribution < 1.29 is 9.84 Å². The summed E-state index contributed by atoms with van der Waals surface area (Å²) in [6.45, 7) is 0.510. The van der Waals surface area contributed by atoms with E-state index in [0.29, 0.717) is 23.8 Å². The highest BCUT2D eigenvalue weighted by Gasteiger charge is 2.16. The number of imidazole rings is 1. The Morgan fingerprint density at radius 3 is 2.87 bits per heavy atom. The Balaban J connectivity index is 1.93. The molecule has 0 saturated heterocycles. The molecule has 0 unspecified atom stereocenters. The van der Waals surface area contributed by atoms with E-state index in [-0.39, 0.29) is 5.75 Å². The van der Waals surface area contributed by atoms with Crippen molar-refractivity contribution in [3.63, 3.8) is 0 Å². The van der Waals surface area contributed by atoms with Crippen molar-refractivity contribution in [3.05, 3.63) is 53.9 Å². The predicted octanol–water partition coefficient (Wildman–Crippen LogP) is 2.56. The average Bonchev–Trinajstić information content (AvgIpc) is 2.93. The highest BCUT2D eigenvalue weighted by Crippen LogP contribution is 2.28. The number of aromatic nitrogens is 2. The molecular formula is C17H16N4O2. The van der Waals surface area contributed by atoms with Gasteiger partial charge in [-0.1, -0.05) is 12.1 Å². The van der Waals surface area contributed by atoms with Gasteiger partial charge in [-0.05, 0) is 29.8 Å². The zero-order chi connectivity index (χ0) is 16.4. The number of nitrogens with zero attached hydrogens (tertiary/aromatic N) is 4. The zero-order valence-corrected chi connectivity index (χ0v) is 12.9. The van der Waals surface area contributed by atoms with Crippen LogP contribution in [0, 0.1) is 11.3 Å². The van der Waals surface area contributed by atoms with Crippen molar-refractivity contribution in [2.45, 2.75) is 6.54 Å². The van der Waals surface area contributed by atoms with Crippen LogP contribution in [0.3, 0.4) is 0 Å². The van der Waals surface area contributed by atoms with Crippen LogP contribution in [0.15, 0.2) is 42.6 Å². The Morgan fingerprint density at radius 2 is 2.17 bits per heavy atom. The number of anilines is 1. The number of hydrogen-bond donors (Lipinski definition) is 1. The minimum absolute atomic E-state index is 0.0916. The smallest absolute Gasteiger partial charge is 0.169 e. The van der Waals surface area contributed by atoms with E-state index in [9.17, 15) is 10.4 Å².